The standard InChI is InChI=1S/C20H41N5O3S.HI/c1-17(2)28-13-14-29(26,27)25-11-9-23(10-12-25)20(21-5)22-15-19(4)24-8-6-7-18(3)16-24;/h17-19H,6-16H2,1-5H3,(H,21,22);1H. The van der Waals surface area contributed by atoms with Crippen molar-refractivity contribution in [1.29, 1.82) is 0 Å². The van der Waals surface area contributed by atoms with E-state index in [-0.39, 0.29) is 42.4 Å². The van der Waals surface area contributed by atoms with Crippen molar-refractivity contribution in [2.75, 3.05) is 65.2 Å². The summed E-state index contributed by atoms with van der Waals surface area (Å²) in [6.07, 6.45) is 2.65. The molecule has 0 radical (unpaired) electrons. The molecule has 2 heterocycles. The van der Waals surface area contributed by atoms with Crippen molar-refractivity contribution in [3.63, 3.8) is 0 Å². The van der Waals surface area contributed by atoms with Gasteiger partial charge in [0.25, 0.3) is 0 Å². The van der Waals surface area contributed by atoms with Gasteiger partial charge < -0.3 is 15.0 Å². The van der Waals surface area contributed by atoms with Gasteiger partial charge in [0, 0.05) is 52.4 Å². The minimum Gasteiger partial charge on any atom is -0.378 e. The van der Waals surface area contributed by atoms with Gasteiger partial charge in [-0.2, -0.15) is 4.31 Å². The molecule has 0 saturated carbocycles. The highest BCUT2D eigenvalue weighted by atomic mass is 127. The number of likely N-dealkylation sites (tertiary alicyclic amines) is 1. The molecule has 1 N–H and O–H groups in total. The molecule has 0 aromatic carbocycles. The molecule has 0 aromatic heterocycles. The van der Waals surface area contributed by atoms with Gasteiger partial charge in [-0.25, -0.2) is 8.42 Å². The van der Waals surface area contributed by atoms with Crippen LogP contribution in [0, 0.1) is 5.92 Å². The van der Waals surface area contributed by atoms with Crippen molar-refractivity contribution >= 4 is 40.0 Å². The van der Waals surface area contributed by atoms with E-state index in [1.165, 1.54) is 25.9 Å². The molecular formula is C20H42IN5O3S. The molecule has 30 heavy (non-hydrogen) atoms. The maximum absolute atomic E-state index is 12.5. The van der Waals surface area contributed by atoms with Crippen molar-refractivity contribution in [2.24, 2.45) is 10.9 Å². The molecular weight excluding hydrogens is 517 g/mol. The molecule has 2 fully saturated rings. The number of ether oxygens (including phenoxy) is 1. The number of sulfonamides is 1. The second kappa shape index (κ2) is 13.4. The Morgan fingerprint density at radius 2 is 1.83 bits per heavy atom. The van der Waals surface area contributed by atoms with E-state index in [4.69, 9.17) is 4.74 Å². The summed E-state index contributed by atoms with van der Waals surface area (Å²) in [7, 11) is -1.47. The van der Waals surface area contributed by atoms with E-state index >= 15 is 0 Å². The van der Waals surface area contributed by atoms with Gasteiger partial charge in [-0.15, -0.1) is 24.0 Å². The molecule has 2 atom stereocenters. The molecule has 0 spiro atoms. The predicted molar refractivity (Wildman–Crippen MR) is 134 cm³/mol. The number of nitrogens with one attached hydrogen (secondary N) is 1. The first kappa shape index (κ1) is 27.9. The van der Waals surface area contributed by atoms with Crippen molar-refractivity contribution in [3.05, 3.63) is 0 Å². The van der Waals surface area contributed by atoms with Crippen LogP contribution >= 0.6 is 24.0 Å². The number of piperidine rings is 1. The highest BCUT2D eigenvalue weighted by molar-refractivity contribution is 14.0. The Bertz CT molecular complexity index is 624. The second-order valence-corrected chi connectivity index (χ2v) is 10.7. The average molecular weight is 560 g/mol. The molecule has 0 bridgehead atoms. The van der Waals surface area contributed by atoms with Crippen LogP contribution in [0.25, 0.3) is 0 Å². The fourth-order valence-electron chi connectivity index (χ4n) is 4.02. The Balaban J connectivity index is 0.00000450. The smallest absolute Gasteiger partial charge is 0.216 e. The van der Waals surface area contributed by atoms with Crippen LogP contribution in [-0.4, -0.2) is 106 Å². The fourth-order valence-corrected chi connectivity index (χ4v) is 5.31. The summed E-state index contributed by atoms with van der Waals surface area (Å²) in [6.45, 7) is 14.1. The number of hydrogen-bond acceptors (Lipinski definition) is 5. The molecule has 2 unspecified atom stereocenters. The highest BCUT2D eigenvalue weighted by Gasteiger charge is 2.28. The third-order valence-corrected chi connectivity index (χ3v) is 7.64. The summed E-state index contributed by atoms with van der Waals surface area (Å²) in [6, 6.07) is 0.456. The number of guanidine groups is 1. The molecule has 2 saturated heterocycles. The van der Waals surface area contributed by atoms with Crippen molar-refractivity contribution < 1.29 is 13.2 Å². The number of halogens is 1. The molecule has 2 aliphatic rings. The molecule has 10 heteroatoms. The quantitative estimate of drug-likeness (QED) is 0.277. The van der Waals surface area contributed by atoms with Crippen LogP contribution in [0.5, 0.6) is 0 Å². The van der Waals surface area contributed by atoms with Crippen molar-refractivity contribution in [1.82, 2.24) is 19.4 Å². The maximum Gasteiger partial charge on any atom is 0.216 e. The number of hydrogen-bond donors (Lipinski definition) is 1. The van der Waals surface area contributed by atoms with Crippen molar-refractivity contribution in [2.45, 2.75) is 52.7 Å². The monoisotopic (exact) mass is 559 g/mol. The fraction of sp³-hybridized carbons (Fsp3) is 0.950. The molecule has 178 valence electrons. The first-order chi connectivity index (χ1) is 13.7. The number of piperazine rings is 1. The third kappa shape index (κ3) is 8.76. The van der Waals surface area contributed by atoms with E-state index in [2.05, 4.69) is 34.0 Å². The molecule has 0 aliphatic carbocycles. The molecule has 2 rings (SSSR count). The molecule has 8 nitrogen and oxygen atoms in total. The second-order valence-electron chi connectivity index (χ2n) is 8.64. The lowest BCUT2D eigenvalue weighted by molar-refractivity contribution is 0.0904. The summed E-state index contributed by atoms with van der Waals surface area (Å²) in [4.78, 5) is 9.13. The van der Waals surface area contributed by atoms with Crippen LogP contribution in [0.3, 0.4) is 0 Å². The Morgan fingerprint density at radius 1 is 1.17 bits per heavy atom. The van der Waals surface area contributed by atoms with Gasteiger partial charge in [0.05, 0.1) is 18.5 Å². The van der Waals surface area contributed by atoms with E-state index in [1.54, 1.807) is 11.4 Å². The van der Waals surface area contributed by atoms with Gasteiger partial charge in [0.2, 0.25) is 10.0 Å². The van der Waals surface area contributed by atoms with Gasteiger partial charge in [-0.1, -0.05) is 6.92 Å². The van der Waals surface area contributed by atoms with Crippen LogP contribution < -0.4 is 5.32 Å². The SMILES string of the molecule is CN=C(NCC(C)N1CCCC(C)C1)N1CCN(S(=O)(=O)CCOC(C)C)CC1.I. The van der Waals surface area contributed by atoms with E-state index in [0.29, 0.717) is 32.2 Å². The zero-order valence-electron chi connectivity index (χ0n) is 19.3. The Morgan fingerprint density at radius 3 is 2.40 bits per heavy atom. The maximum atomic E-state index is 12.5. The number of nitrogens with zero attached hydrogens (tertiary/aromatic N) is 4. The van der Waals surface area contributed by atoms with Crippen LogP contribution in [-0.2, 0) is 14.8 Å². The molecule has 2 aliphatic heterocycles. The van der Waals surface area contributed by atoms with Gasteiger partial charge in [-0.05, 0) is 46.1 Å². The first-order valence-electron chi connectivity index (χ1n) is 11.0. The van der Waals surface area contributed by atoms with Gasteiger partial charge in [0.1, 0.15) is 0 Å². The summed E-state index contributed by atoms with van der Waals surface area (Å²) >= 11 is 0. The summed E-state index contributed by atoms with van der Waals surface area (Å²) in [5.74, 6) is 1.68. The van der Waals surface area contributed by atoms with Gasteiger partial charge >= 0.3 is 0 Å². The lowest BCUT2D eigenvalue weighted by Crippen LogP contribution is -2.55. The topological polar surface area (TPSA) is 77.5 Å². The van der Waals surface area contributed by atoms with E-state index in [1.807, 2.05) is 13.8 Å². The number of rotatable bonds is 8. The minimum atomic E-state index is -3.27. The van der Waals surface area contributed by atoms with Crippen LogP contribution in [0.2, 0.25) is 0 Å². The van der Waals surface area contributed by atoms with E-state index in [0.717, 1.165) is 18.4 Å². The largest absolute Gasteiger partial charge is 0.378 e. The van der Waals surface area contributed by atoms with Gasteiger partial charge in [0.15, 0.2) is 5.96 Å². The van der Waals surface area contributed by atoms with Gasteiger partial charge in [-0.3, -0.25) is 9.89 Å². The number of aliphatic imine (C=N–C) groups is 1. The normalized spacial score (nSPS) is 23.3. The summed E-state index contributed by atoms with van der Waals surface area (Å²) in [5, 5.41) is 3.50. The zero-order valence-corrected chi connectivity index (χ0v) is 22.5. The first-order valence-corrected chi connectivity index (χ1v) is 12.6. The van der Waals surface area contributed by atoms with Crippen molar-refractivity contribution in [3.8, 4) is 0 Å². The predicted octanol–water partition coefficient (Wildman–Crippen LogP) is 1.67. The lowest BCUT2D eigenvalue weighted by Gasteiger charge is -2.38. The average Bonchev–Trinajstić information content (AvgIpc) is 2.68. The third-order valence-electron chi connectivity index (χ3n) is 5.80. The Hall–Kier alpha value is -0.170. The van der Waals surface area contributed by atoms with Crippen LogP contribution in [0.4, 0.5) is 0 Å². The molecule has 0 amide bonds. The van der Waals surface area contributed by atoms with E-state index < -0.39 is 10.0 Å². The summed E-state index contributed by atoms with van der Waals surface area (Å²) in [5.41, 5.74) is 0. The Labute approximate surface area is 200 Å². The van der Waals surface area contributed by atoms with Crippen LogP contribution in [0.15, 0.2) is 4.99 Å². The highest BCUT2D eigenvalue weighted by Crippen LogP contribution is 2.17. The Kier molecular flexibility index (Phi) is 12.4. The van der Waals surface area contributed by atoms with Crippen LogP contribution in [0.1, 0.15) is 40.5 Å². The minimum absolute atomic E-state index is 0. The summed E-state index contributed by atoms with van der Waals surface area (Å²) < 4.78 is 32.0. The molecule has 0 aromatic rings. The zero-order chi connectivity index (χ0) is 21.4. The van der Waals surface area contributed by atoms with E-state index in [9.17, 15) is 8.42 Å². The lowest BCUT2D eigenvalue weighted by atomic mass is 9.99.